The van der Waals surface area contributed by atoms with Crippen molar-refractivity contribution in [3.8, 4) is 0 Å². The monoisotopic (exact) mass is 611 g/mol. The Balaban J connectivity index is 1.82. The molecule has 12 nitrogen and oxygen atoms in total. The highest BCUT2D eigenvalue weighted by Gasteiger charge is 2.31. The van der Waals surface area contributed by atoms with Crippen molar-refractivity contribution in [2.75, 3.05) is 12.0 Å². The topological polar surface area (TPSA) is 204 Å². The molecular weight excluding hydrogens is 574 g/mol. The molecule has 4 atom stereocenters. The van der Waals surface area contributed by atoms with Crippen LogP contribution in [0.4, 0.5) is 0 Å². The minimum atomic E-state index is -1.38. The van der Waals surface area contributed by atoms with Crippen LogP contribution in [0.5, 0.6) is 0 Å². The lowest BCUT2D eigenvalue weighted by Gasteiger charge is -2.25. The molecule has 2 aromatic carbocycles. The number of carbonyl (C=O) groups excluding carboxylic acids is 3. The predicted octanol–water partition coefficient (Wildman–Crippen LogP) is 1.44. The Labute approximate surface area is 253 Å². The smallest absolute Gasteiger partial charge is 0.326 e. The minimum absolute atomic E-state index is 0.0192. The maximum atomic E-state index is 13.6. The van der Waals surface area contributed by atoms with Gasteiger partial charge >= 0.3 is 11.9 Å². The van der Waals surface area contributed by atoms with E-state index < -0.39 is 60.2 Å². The molecule has 1 aromatic heterocycles. The van der Waals surface area contributed by atoms with E-state index in [4.69, 9.17) is 5.73 Å². The van der Waals surface area contributed by atoms with E-state index in [9.17, 15) is 34.2 Å². The number of aromatic amines is 1. The van der Waals surface area contributed by atoms with Gasteiger partial charge in [0, 0.05) is 36.4 Å². The summed E-state index contributed by atoms with van der Waals surface area (Å²) in [6.07, 6.45) is 3.26. The Bertz CT molecular complexity index is 1410. The molecule has 0 aliphatic carbocycles. The van der Waals surface area contributed by atoms with Crippen molar-refractivity contribution >= 4 is 52.3 Å². The molecule has 3 aromatic rings. The fourth-order valence-corrected chi connectivity index (χ4v) is 5.01. The molecule has 1 heterocycles. The highest BCUT2D eigenvalue weighted by molar-refractivity contribution is 7.98. The van der Waals surface area contributed by atoms with E-state index in [0.29, 0.717) is 17.7 Å². The van der Waals surface area contributed by atoms with Crippen LogP contribution in [0.1, 0.15) is 30.4 Å². The lowest BCUT2D eigenvalue weighted by Crippen LogP contribution is -2.57. The highest BCUT2D eigenvalue weighted by Crippen LogP contribution is 2.19. The van der Waals surface area contributed by atoms with Crippen LogP contribution >= 0.6 is 11.8 Å². The molecule has 0 saturated heterocycles. The van der Waals surface area contributed by atoms with Gasteiger partial charge in [-0.3, -0.25) is 19.2 Å². The van der Waals surface area contributed by atoms with Crippen LogP contribution in [-0.2, 0) is 36.8 Å². The first-order valence-electron chi connectivity index (χ1n) is 13.8. The quantitative estimate of drug-likeness (QED) is 0.118. The van der Waals surface area contributed by atoms with Crippen molar-refractivity contribution in [2.45, 2.75) is 56.3 Å². The third-order valence-electron chi connectivity index (χ3n) is 6.88. The predicted molar refractivity (Wildman–Crippen MR) is 163 cm³/mol. The second-order valence-electron chi connectivity index (χ2n) is 10.1. The van der Waals surface area contributed by atoms with Crippen molar-refractivity contribution in [3.63, 3.8) is 0 Å². The number of carboxylic acids is 2. The zero-order valence-corrected chi connectivity index (χ0v) is 24.6. The maximum absolute atomic E-state index is 13.6. The number of carboxylic acid groups (broad SMARTS) is 2. The fraction of sp³-hybridized carbons (Fsp3) is 0.367. The molecular formula is C30H37N5O7S. The standard InChI is InChI=1S/C30H37N5O7S/c1-43-14-13-21(31)27(38)34-24(16-19-17-32-22-10-6-5-9-20(19)22)29(40)33-23(11-12-26(36)37)28(39)35-25(30(41)42)15-18-7-3-2-4-8-18/h2-10,17,21,23-25,32H,11-16,31H2,1H3,(H,33,40)(H,34,38)(H,35,39)(H,36,37)(H,41,42). The summed E-state index contributed by atoms with van der Waals surface area (Å²) in [5, 5.41) is 27.5. The van der Waals surface area contributed by atoms with Crippen molar-refractivity contribution < 1.29 is 34.2 Å². The zero-order valence-electron chi connectivity index (χ0n) is 23.7. The molecule has 4 unspecified atom stereocenters. The Morgan fingerprint density at radius 2 is 1.44 bits per heavy atom. The van der Waals surface area contributed by atoms with E-state index in [2.05, 4.69) is 20.9 Å². The number of hydrogen-bond donors (Lipinski definition) is 7. The number of benzene rings is 2. The molecule has 3 amide bonds. The third kappa shape index (κ3) is 10.1. The summed E-state index contributed by atoms with van der Waals surface area (Å²) in [5.41, 5.74) is 8.27. The Morgan fingerprint density at radius 3 is 2.12 bits per heavy atom. The Morgan fingerprint density at radius 1 is 0.814 bits per heavy atom. The summed E-state index contributed by atoms with van der Waals surface area (Å²) in [6.45, 7) is 0. The fourth-order valence-electron chi connectivity index (χ4n) is 4.52. The Kier molecular flexibility index (Phi) is 12.6. The molecule has 3 rings (SSSR count). The van der Waals surface area contributed by atoms with Gasteiger partial charge in [0.2, 0.25) is 17.7 Å². The van der Waals surface area contributed by atoms with Crippen molar-refractivity contribution in [2.24, 2.45) is 5.73 Å². The average Bonchev–Trinajstić information content (AvgIpc) is 3.40. The second-order valence-corrected chi connectivity index (χ2v) is 11.1. The van der Waals surface area contributed by atoms with Crippen LogP contribution in [0.25, 0.3) is 10.9 Å². The van der Waals surface area contributed by atoms with Crippen LogP contribution < -0.4 is 21.7 Å². The van der Waals surface area contributed by atoms with Gasteiger partial charge in [-0.1, -0.05) is 48.5 Å². The van der Waals surface area contributed by atoms with Gasteiger partial charge in [-0.25, -0.2) is 4.79 Å². The number of amides is 3. The molecule has 43 heavy (non-hydrogen) atoms. The normalized spacial score (nSPS) is 13.8. The minimum Gasteiger partial charge on any atom is -0.481 e. The number of thioether (sulfide) groups is 1. The summed E-state index contributed by atoms with van der Waals surface area (Å²) >= 11 is 1.53. The van der Waals surface area contributed by atoms with Crippen molar-refractivity contribution in [1.29, 1.82) is 0 Å². The number of aliphatic carboxylic acids is 2. The van der Waals surface area contributed by atoms with Crippen LogP contribution in [0.3, 0.4) is 0 Å². The third-order valence-corrected chi connectivity index (χ3v) is 7.52. The van der Waals surface area contributed by atoms with Crippen LogP contribution in [0.2, 0.25) is 0 Å². The summed E-state index contributed by atoms with van der Waals surface area (Å²) in [4.78, 5) is 66.2. The number of rotatable bonds is 17. The number of carbonyl (C=O) groups is 5. The second kappa shape index (κ2) is 16.3. The van der Waals surface area contributed by atoms with E-state index in [1.807, 2.05) is 30.5 Å². The summed E-state index contributed by atoms with van der Waals surface area (Å²) < 4.78 is 0. The van der Waals surface area contributed by atoms with E-state index in [-0.39, 0.29) is 19.3 Å². The van der Waals surface area contributed by atoms with Gasteiger partial charge in [0.1, 0.15) is 18.1 Å². The van der Waals surface area contributed by atoms with Crippen molar-refractivity contribution in [3.05, 3.63) is 71.9 Å². The van der Waals surface area contributed by atoms with Gasteiger partial charge in [0.15, 0.2) is 0 Å². The lowest BCUT2D eigenvalue weighted by atomic mass is 10.0. The number of aromatic nitrogens is 1. The molecule has 0 aliphatic rings. The molecule has 0 aliphatic heterocycles. The van der Waals surface area contributed by atoms with Crippen LogP contribution in [-0.4, -0.2) is 81.0 Å². The lowest BCUT2D eigenvalue weighted by molar-refractivity contribution is -0.143. The van der Waals surface area contributed by atoms with Gasteiger partial charge in [-0.15, -0.1) is 0 Å². The number of fused-ring (bicyclic) bond motifs is 1. The number of para-hydroxylation sites is 1. The highest BCUT2D eigenvalue weighted by atomic mass is 32.2. The molecule has 0 spiro atoms. The largest absolute Gasteiger partial charge is 0.481 e. The van der Waals surface area contributed by atoms with Crippen LogP contribution in [0, 0.1) is 0 Å². The molecule has 0 fully saturated rings. The summed E-state index contributed by atoms with van der Waals surface area (Å²) in [7, 11) is 0. The van der Waals surface area contributed by atoms with Gasteiger partial charge in [0.05, 0.1) is 6.04 Å². The van der Waals surface area contributed by atoms with E-state index in [0.717, 1.165) is 16.5 Å². The number of nitrogens with two attached hydrogens (primary N) is 1. The first-order valence-corrected chi connectivity index (χ1v) is 15.2. The first-order chi connectivity index (χ1) is 20.6. The van der Waals surface area contributed by atoms with E-state index in [1.54, 1.807) is 36.5 Å². The molecule has 230 valence electrons. The molecule has 8 N–H and O–H groups in total. The SMILES string of the molecule is CSCCC(N)C(=O)NC(Cc1c[nH]c2ccccc12)C(=O)NC(CCC(=O)O)C(=O)NC(Cc1ccccc1)C(=O)O. The zero-order chi connectivity index (χ0) is 31.4. The maximum Gasteiger partial charge on any atom is 0.326 e. The van der Waals surface area contributed by atoms with Gasteiger partial charge in [-0.05, 0) is 42.0 Å². The number of nitrogens with one attached hydrogen (secondary N) is 4. The Hall–Kier alpha value is -4.36. The summed E-state index contributed by atoms with van der Waals surface area (Å²) in [5.74, 6) is -3.99. The first kappa shape index (κ1) is 33.1. The number of H-pyrrole nitrogens is 1. The van der Waals surface area contributed by atoms with Gasteiger partial charge in [0.25, 0.3) is 0 Å². The van der Waals surface area contributed by atoms with Gasteiger partial charge in [-0.2, -0.15) is 11.8 Å². The summed E-state index contributed by atoms with van der Waals surface area (Å²) in [6, 6.07) is 11.4. The molecule has 0 saturated carbocycles. The van der Waals surface area contributed by atoms with Crippen LogP contribution in [0.15, 0.2) is 60.8 Å². The van der Waals surface area contributed by atoms with Gasteiger partial charge < -0.3 is 36.9 Å². The molecule has 0 bridgehead atoms. The van der Waals surface area contributed by atoms with E-state index >= 15 is 0 Å². The molecule has 0 radical (unpaired) electrons. The average molecular weight is 612 g/mol. The molecule has 13 heteroatoms. The number of hydrogen-bond acceptors (Lipinski definition) is 7. The van der Waals surface area contributed by atoms with Crippen molar-refractivity contribution in [1.82, 2.24) is 20.9 Å². The van der Waals surface area contributed by atoms with E-state index in [1.165, 1.54) is 11.8 Å².